The molecule has 0 unspecified atom stereocenters. The van der Waals surface area contributed by atoms with Crippen LogP contribution in [-0.2, 0) is 7.05 Å². The lowest BCUT2D eigenvalue weighted by Gasteiger charge is -2.06. The van der Waals surface area contributed by atoms with Crippen LogP contribution in [-0.4, -0.2) is 25.8 Å². The molecule has 0 aliphatic rings. The minimum absolute atomic E-state index is 0.264. The predicted octanol–water partition coefficient (Wildman–Crippen LogP) is 2.64. The number of hydrogen-bond acceptors (Lipinski definition) is 3. The van der Waals surface area contributed by atoms with Gasteiger partial charge < -0.3 is 5.11 Å². The average Bonchev–Trinajstić information content (AvgIpc) is 2.83. The number of aryl methyl sites for hydroxylation is 2. The fourth-order valence-corrected chi connectivity index (χ4v) is 2.26. The van der Waals surface area contributed by atoms with Crippen molar-refractivity contribution >= 4 is 16.9 Å². The molecule has 2 aromatic heterocycles. The minimum Gasteiger partial charge on any atom is -0.478 e. The fraction of sp³-hybridized carbons (Fsp3) is 0.133. The topological polar surface area (TPSA) is 68.0 Å². The van der Waals surface area contributed by atoms with Crippen molar-refractivity contribution in [3.8, 4) is 11.1 Å². The number of hydrogen-bond donors (Lipinski definition) is 1. The number of pyridine rings is 1. The van der Waals surface area contributed by atoms with Gasteiger partial charge >= 0.3 is 5.97 Å². The highest BCUT2D eigenvalue weighted by Crippen LogP contribution is 2.26. The van der Waals surface area contributed by atoms with Crippen molar-refractivity contribution in [2.75, 3.05) is 0 Å². The molecule has 0 spiro atoms. The Kier molecular flexibility index (Phi) is 2.75. The first-order chi connectivity index (χ1) is 9.54. The van der Waals surface area contributed by atoms with Gasteiger partial charge in [0.15, 0.2) is 0 Å². The molecule has 0 saturated heterocycles. The zero-order chi connectivity index (χ0) is 14.3. The van der Waals surface area contributed by atoms with Gasteiger partial charge in [-0.2, -0.15) is 5.10 Å². The molecule has 0 atom stereocenters. The summed E-state index contributed by atoms with van der Waals surface area (Å²) >= 11 is 0. The number of rotatable bonds is 2. The van der Waals surface area contributed by atoms with Gasteiger partial charge in [-0.25, -0.2) is 4.79 Å². The predicted molar refractivity (Wildman–Crippen MR) is 75.6 cm³/mol. The van der Waals surface area contributed by atoms with Crippen molar-refractivity contribution < 1.29 is 9.90 Å². The summed E-state index contributed by atoms with van der Waals surface area (Å²) in [5, 5.41) is 14.0. The van der Waals surface area contributed by atoms with Gasteiger partial charge in [-0.15, -0.1) is 0 Å². The zero-order valence-corrected chi connectivity index (χ0v) is 11.2. The lowest BCUT2D eigenvalue weighted by Crippen LogP contribution is -1.96. The molecule has 3 aromatic rings. The Hall–Kier alpha value is -2.69. The maximum atomic E-state index is 11.0. The SMILES string of the molecule is Cc1nc2ccc(C(=O)O)cc2cc1-c1cnn(C)c1. The van der Waals surface area contributed by atoms with Crippen LogP contribution in [0.4, 0.5) is 0 Å². The third-order valence-electron chi connectivity index (χ3n) is 3.27. The molecule has 5 heteroatoms. The molecule has 1 N–H and O–H groups in total. The van der Waals surface area contributed by atoms with E-state index in [1.165, 1.54) is 0 Å². The number of carboxylic acids is 1. The zero-order valence-electron chi connectivity index (χ0n) is 11.2. The van der Waals surface area contributed by atoms with Crippen LogP contribution in [0.15, 0.2) is 36.7 Å². The van der Waals surface area contributed by atoms with Gasteiger partial charge in [0.1, 0.15) is 0 Å². The summed E-state index contributed by atoms with van der Waals surface area (Å²) in [6, 6.07) is 6.91. The molecular formula is C15H13N3O2. The number of carbonyl (C=O) groups is 1. The lowest BCUT2D eigenvalue weighted by molar-refractivity contribution is 0.0697. The Morgan fingerprint density at radius 1 is 1.30 bits per heavy atom. The van der Waals surface area contributed by atoms with E-state index in [-0.39, 0.29) is 5.56 Å². The first-order valence-corrected chi connectivity index (χ1v) is 6.18. The summed E-state index contributed by atoms with van der Waals surface area (Å²) in [7, 11) is 1.86. The van der Waals surface area contributed by atoms with E-state index in [1.807, 2.05) is 26.2 Å². The molecule has 0 bridgehead atoms. The van der Waals surface area contributed by atoms with Crippen LogP contribution in [0, 0.1) is 6.92 Å². The normalized spacial score (nSPS) is 10.9. The quantitative estimate of drug-likeness (QED) is 0.775. The van der Waals surface area contributed by atoms with Crippen LogP contribution in [0.3, 0.4) is 0 Å². The van der Waals surface area contributed by atoms with Crippen molar-refractivity contribution in [3.05, 3.63) is 47.9 Å². The van der Waals surface area contributed by atoms with Crippen LogP contribution in [0.1, 0.15) is 16.1 Å². The van der Waals surface area contributed by atoms with E-state index in [4.69, 9.17) is 5.11 Å². The largest absolute Gasteiger partial charge is 0.478 e. The van der Waals surface area contributed by atoms with Crippen molar-refractivity contribution in [1.29, 1.82) is 0 Å². The maximum Gasteiger partial charge on any atom is 0.335 e. The highest BCUT2D eigenvalue weighted by atomic mass is 16.4. The van der Waals surface area contributed by atoms with E-state index >= 15 is 0 Å². The molecule has 3 rings (SSSR count). The summed E-state index contributed by atoms with van der Waals surface area (Å²) in [5.74, 6) is -0.935. The number of aromatic nitrogens is 3. The Labute approximate surface area is 115 Å². The smallest absolute Gasteiger partial charge is 0.335 e. The third kappa shape index (κ3) is 2.03. The first kappa shape index (κ1) is 12.3. The van der Waals surface area contributed by atoms with Gasteiger partial charge in [-0.3, -0.25) is 9.67 Å². The number of carboxylic acid groups (broad SMARTS) is 1. The van der Waals surface area contributed by atoms with E-state index < -0.39 is 5.97 Å². The Morgan fingerprint density at radius 3 is 2.75 bits per heavy atom. The van der Waals surface area contributed by atoms with Crippen molar-refractivity contribution in [2.24, 2.45) is 7.05 Å². The number of fused-ring (bicyclic) bond motifs is 1. The first-order valence-electron chi connectivity index (χ1n) is 6.18. The van der Waals surface area contributed by atoms with Crippen LogP contribution in [0.2, 0.25) is 0 Å². The molecule has 0 amide bonds. The summed E-state index contributed by atoms with van der Waals surface area (Å²) in [4.78, 5) is 15.6. The van der Waals surface area contributed by atoms with Crippen LogP contribution in [0.25, 0.3) is 22.0 Å². The highest BCUT2D eigenvalue weighted by molar-refractivity contribution is 5.94. The summed E-state index contributed by atoms with van der Waals surface area (Å²) in [5.41, 5.74) is 3.89. The monoisotopic (exact) mass is 267 g/mol. The maximum absolute atomic E-state index is 11.0. The van der Waals surface area contributed by atoms with Gasteiger partial charge in [0.05, 0.1) is 17.3 Å². The van der Waals surface area contributed by atoms with Crippen molar-refractivity contribution in [1.82, 2.24) is 14.8 Å². The van der Waals surface area contributed by atoms with Crippen molar-refractivity contribution in [2.45, 2.75) is 6.92 Å². The number of aromatic carboxylic acids is 1. The Morgan fingerprint density at radius 2 is 2.10 bits per heavy atom. The molecule has 5 nitrogen and oxygen atoms in total. The molecule has 0 fully saturated rings. The molecule has 0 saturated carbocycles. The summed E-state index contributed by atoms with van der Waals surface area (Å²) < 4.78 is 1.73. The molecule has 1 aromatic carbocycles. The minimum atomic E-state index is -0.935. The van der Waals surface area contributed by atoms with E-state index in [9.17, 15) is 4.79 Å². The molecule has 0 aliphatic heterocycles. The summed E-state index contributed by atoms with van der Waals surface area (Å²) in [6.45, 7) is 1.94. The average molecular weight is 267 g/mol. The Balaban J connectivity index is 2.23. The second-order valence-corrected chi connectivity index (χ2v) is 4.74. The number of nitrogens with zero attached hydrogens (tertiary/aromatic N) is 3. The standard InChI is InChI=1S/C15H13N3O2/c1-9-13(12-7-16-18(2)8-12)6-11-5-10(15(19)20)3-4-14(11)17-9/h3-8H,1-2H3,(H,19,20). The second kappa shape index (κ2) is 4.45. The lowest BCUT2D eigenvalue weighted by atomic mass is 10.0. The summed E-state index contributed by atoms with van der Waals surface area (Å²) in [6.07, 6.45) is 3.69. The second-order valence-electron chi connectivity index (χ2n) is 4.74. The molecule has 100 valence electrons. The molecule has 20 heavy (non-hydrogen) atoms. The van der Waals surface area contributed by atoms with Gasteiger partial charge in [-0.05, 0) is 31.2 Å². The molecule has 2 heterocycles. The van der Waals surface area contributed by atoms with Crippen LogP contribution in [0.5, 0.6) is 0 Å². The van der Waals surface area contributed by atoms with Gasteiger partial charge in [0.2, 0.25) is 0 Å². The third-order valence-corrected chi connectivity index (χ3v) is 3.27. The van der Waals surface area contributed by atoms with E-state index in [0.29, 0.717) is 0 Å². The Bertz CT molecular complexity index is 821. The van der Waals surface area contributed by atoms with E-state index in [1.54, 1.807) is 29.1 Å². The highest BCUT2D eigenvalue weighted by Gasteiger charge is 2.09. The van der Waals surface area contributed by atoms with Gasteiger partial charge in [0.25, 0.3) is 0 Å². The molecule has 0 radical (unpaired) electrons. The fourth-order valence-electron chi connectivity index (χ4n) is 2.26. The van der Waals surface area contributed by atoms with Crippen LogP contribution >= 0.6 is 0 Å². The van der Waals surface area contributed by atoms with E-state index in [0.717, 1.165) is 27.7 Å². The van der Waals surface area contributed by atoms with Gasteiger partial charge in [-0.1, -0.05) is 0 Å². The molecule has 0 aliphatic carbocycles. The van der Waals surface area contributed by atoms with E-state index in [2.05, 4.69) is 10.1 Å². The number of benzene rings is 1. The van der Waals surface area contributed by atoms with Crippen LogP contribution < -0.4 is 0 Å². The van der Waals surface area contributed by atoms with Crippen molar-refractivity contribution in [3.63, 3.8) is 0 Å². The molecular weight excluding hydrogens is 254 g/mol. The van der Waals surface area contributed by atoms with Gasteiger partial charge in [0, 0.05) is 35.5 Å².